The molecule has 2 heterocycles. The summed E-state index contributed by atoms with van der Waals surface area (Å²) in [6.45, 7) is 1.78. The minimum Gasteiger partial charge on any atom is -0.341 e. The molecule has 0 unspecified atom stereocenters. The van der Waals surface area contributed by atoms with Crippen molar-refractivity contribution in [2.75, 3.05) is 20.1 Å². The van der Waals surface area contributed by atoms with Crippen LogP contribution in [0, 0.1) is 5.92 Å². The molecule has 3 aromatic rings. The Bertz CT molecular complexity index is 1030. The maximum Gasteiger partial charge on any atom is 0.254 e. The lowest BCUT2D eigenvalue weighted by Crippen LogP contribution is -2.43. The number of hydrogen-bond acceptors (Lipinski definition) is 3. The van der Waals surface area contributed by atoms with Crippen molar-refractivity contribution in [3.63, 3.8) is 0 Å². The summed E-state index contributed by atoms with van der Waals surface area (Å²) in [5.74, 6) is 0.163. The van der Waals surface area contributed by atoms with E-state index in [1.165, 1.54) is 0 Å². The molecule has 0 spiro atoms. The number of amides is 2. The molecule has 2 aromatic carbocycles. The van der Waals surface area contributed by atoms with Gasteiger partial charge in [0.25, 0.3) is 5.91 Å². The van der Waals surface area contributed by atoms with Gasteiger partial charge in [0, 0.05) is 57.0 Å². The van der Waals surface area contributed by atoms with Crippen LogP contribution in [0.3, 0.4) is 0 Å². The highest BCUT2D eigenvalue weighted by molar-refractivity contribution is 6.07. The zero-order valence-electron chi connectivity index (χ0n) is 16.9. The summed E-state index contributed by atoms with van der Waals surface area (Å²) in [4.78, 5) is 29.6. The van der Waals surface area contributed by atoms with Crippen LogP contribution in [0.4, 0.5) is 0 Å². The van der Waals surface area contributed by atoms with E-state index in [1.807, 2.05) is 67.7 Å². The molecule has 1 saturated heterocycles. The van der Waals surface area contributed by atoms with Crippen LogP contribution in [0.1, 0.15) is 28.8 Å². The van der Waals surface area contributed by atoms with Crippen LogP contribution in [0.2, 0.25) is 0 Å². The third-order valence-electron chi connectivity index (χ3n) is 5.71. The van der Waals surface area contributed by atoms with Gasteiger partial charge in [0.2, 0.25) is 5.91 Å². The van der Waals surface area contributed by atoms with Crippen molar-refractivity contribution < 1.29 is 9.59 Å². The lowest BCUT2D eigenvalue weighted by Gasteiger charge is -2.33. The van der Waals surface area contributed by atoms with Crippen LogP contribution >= 0.6 is 0 Å². The largest absolute Gasteiger partial charge is 0.341 e. The standard InChI is InChI=1S/C23H26N4O2/c1-25(15-17-14-24-26(2)16-17)22(28)19-10-12-27(13-11-19)23(29)21-9-5-7-18-6-3-4-8-20(18)21/h3-9,14,16,19H,10-13,15H2,1-2H3. The summed E-state index contributed by atoms with van der Waals surface area (Å²) in [5.41, 5.74) is 1.76. The number of carbonyl (C=O) groups is 2. The predicted octanol–water partition coefficient (Wildman–Crippen LogP) is 3.08. The lowest BCUT2D eigenvalue weighted by molar-refractivity contribution is -0.136. The number of piperidine rings is 1. The highest BCUT2D eigenvalue weighted by Crippen LogP contribution is 2.24. The molecule has 4 rings (SSSR count). The Hall–Kier alpha value is -3.15. The summed E-state index contributed by atoms with van der Waals surface area (Å²) in [6, 6.07) is 13.8. The van der Waals surface area contributed by atoms with Gasteiger partial charge >= 0.3 is 0 Å². The number of hydrogen-bond donors (Lipinski definition) is 0. The first kappa shape index (κ1) is 19.2. The second-order valence-corrected chi connectivity index (χ2v) is 7.81. The number of likely N-dealkylation sites (tertiary alicyclic amines) is 1. The van der Waals surface area contributed by atoms with Crippen molar-refractivity contribution in [3.05, 3.63) is 66.0 Å². The highest BCUT2D eigenvalue weighted by atomic mass is 16.2. The van der Waals surface area contributed by atoms with Crippen LogP contribution in [-0.2, 0) is 18.4 Å². The molecule has 1 fully saturated rings. The van der Waals surface area contributed by atoms with Gasteiger partial charge < -0.3 is 9.80 Å². The minimum atomic E-state index is -0.0340. The molecular formula is C23H26N4O2. The third kappa shape index (κ3) is 4.01. The molecule has 6 nitrogen and oxygen atoms in total. The number of fused-ring (bicyclic) bond motifs is 1. The second-order valence-electron chi connectivity index (χ2n) is 7.81. The zero-order valence-corrected chi connectivity index (χ0v) is 16.9. The molecule has 2 amide bonds. The number of benzene rings is 2. The van der Waals surface area contributed by atoms with Gasteiger partial charge in [0.15, 0.2) is 0 Å². The Morgan fingerprint density at radius 2 is 1.83 bits per heavy atom. The van der Waals surface area contributed by atoms with Gasteiger partial charge in [-0.2, -0.15) is 5.10 Å². The summed E-state index contributed by atoms with van der Waals surface area (Å²) >= 11 is 0. The van der Waals surface area contributed by atoms with E-state index in [4.69, 9.17) is 0 Å². The van der Waals surface area contributed by atoms with Gasteiger partial charge in [-0.05, 0) is 29.7 Å². The van der Waals surface area contributed by atoms with E-state index in [0.717, 1.165) is 21.9 Å². The van der Waals surface area contributed by atoms with Crippen molar-refractivity contribution in [2.24, 2.45) is 13.0 Å². The fourth-order valence-electron chi connectivity index (χ4n) is 4.13. The molecule has 1 aliphatic heterocycles. The zero-order chi connectivity index (χ0) is 20.4. The first-order valence-corrected chi connectivity index (χ1v) is 10.0. The van der Waals surface area contributed by atoms with E-state index in [2.05, 4.69) is 5.10 Å². The average molecular weight is 390 g/mol. The van der Waals surface area contributed by atoms with Crippen molar-refractivity contribution in [1.29, 1.82) is 0 Å². The number of carbonyl (C=O) groups excluding carboxylic acids is 2. The Labute approximate surface area is 170 Å². The minimum absolute atomic E-state index is 0.0340. The molecule has 0 atom stereocenters. The van der Waals surface area contributed by atoms with Gasteiger partial charge in [-0.25, -0.2) is 0 Å². The van der Waals surface area contributed by atoms with Crippen LogP contribution in [0.25, 0.3) is 10.8 Å². The smallest absolute Gasteiger partial charge is 0.254 e. The molecule has 0 saturated carbocycles. The summed E-state index contributed by atoms with van der Waals surface area (Å²) < 4.78 is 1.74. The first-order chi connectivity index (χ1) is 14.0. The third-order valence-corrected chi connectivity index (χ3v) is 5.71. The number of aryl methyl sites for hydroxylation is 1. The molecule has 1 aliphatic rings. The van der Waals surface area contributed by atoms with Gasteiger partial charge in [-0.1, -0.05) is 36.4 Å². The van der Waals surface area contributed by atoms with E-state index in [0.29, 0.717) is 32.5 Å². The lowest BCUT2D eigenvalue weighted by atomic mass is 9.94. The second kappa shape index (κ2) is 8.07. The molecule has 0 N–H and O–H groups in total. The monoisotopic (exact) mass is 390 g/mol. The maximum atomic E-state index is 13.1. The van der Waals surface area contributed by atoms with E-state index in [1.54, 1.807) is 15.8 Å². The van der Waals surface area contributed by atoms with E-state index < -0.39 is 0 Å². The molecule has 0 radical (unpaired) electrons. The average Bonchev–Trinajstić information content (AvgIpc) is 3.16. The van der Waals surface area contributed by atoms with Crippen molar-refractivity contribution in [2.45, 2.75) is 19.4 Å². The van der Waals surface area contributed by atoms with Gasteiger partial charge in [0.1, 0.15) is 0 Å². The van der Waals surface area contributed by atoms with E-state index >= 15 is 0 Å². The van der Waals surface area contributed by atoms with Gasteiger partial charge in [0.05, 0.1) is 6.20 Å². The highest BCUT2D eigenvalue weighted by Gasteiger charge is 2.30. The molecular weight excluding hydrogens is 364 g/mol. The molecule has 0 aliphatic carbocycles. The molecule has 0 bridgehead atoms. The number of rotatable bonds is 4. The van der Waals surface area contributed by atoms with E-state index in [-0.39, 0.29) is 17.7 Å². The predicted molar refractivity (Wildman–Crippen MR) is 112 cm³/mol. The molecule has 29 heavy (non-hydrogen) atoms. The maximum absolute atomic E-state index is 13.1. The van der Waals surface area contributed by atoms with Crippen LogP contribution in [-0.4, -0.2) is 51.5 Å². The molecule has 6 heteroatoms. The fourth-order valence-corrected chi connectivity index (χ4v) is 4.13. The van der Waals surface area contributed by atoms with Crippen LogP contribution < -0.4 is 0 Å². The van der Waals surface area contributed by atoms with Gasteiger partial charge in [-0.3, -0.25) is 14.3 Å². The first-order valence-electron chi connectivity index (χ1n) is 10.0. The topological polar surface area (TPSA) is 58.4 Å². The molecule has 1 aromatic heterocycles. The Morgan fingerprint density at radius 3 is 2.55 bits per heavy atom. The van der Waals surface area contributed by atoms with Crippen molar-refractivity contribution >= 4 is 22.6 Å². The number of nitrogens with zero attached hydrogens (tertiary/aromatic N) is 4. The Morgan fingerprint density at radius 1 is 1.10 bits per heavy atom. The summed E-state index contributed by atoms with van der Waals surface area (Å²) in [6.07, 6.45) is 5.11. The van der Waals surface area contributed by atoms with Gasteiger partial charge in [-0.15, -0.1) is 0 Å². The normalized spacial score (nSPS) is 14.9. The van der Waals surface area contributed by atoms with Crippen LogP contribution in [0.5, 0.6) is 0 Å². The van der Waals surface area contributed by atoms with Crippen molar-refractivity contribution in [3.8, 4) is 0 Å². The van der Waals surface area contributed by atoms with Crippen molar-refractivity contribution in [1.82, 2.24) is 19.6 Å². The van der Waals surface area contributed by atoms with E-state index in [9.17, 15) is 9.59 Å². The van der Waals surface area contributed by atoms with Crippen LogP contribution in [0.15, 0.2) is 54.9 Å². The Balaban J connectivity index is 1.38. The Kier molecular flexibility index (Phi) is 5.34. The summed E-state index contributed by atoms with van der Waals surface area (Å²) in [5, 5.41) is 6.21. The fraction of sp³-hybridized carbons (Fsp3) is 0.348. The number of aromatic nitrogens is 2. The quantitative estimate of drug-likeness (QED) is 0.688. The summed E-state index contributed by atoms with van der Waals surface area (Å²) in [7, 11) is 3.71. The molecule has 150 valence electrons. The SMILES string of the molecule is CN(Cc1cnn(C)c1)C(=O)C1CCN(C(=O)c2cccc3ccccc23)CC1.